The summed E-state index contributed by atoms with van der Waals surface area (Å²) < 4.78 is 39.2. The van der Waals surface area contributed by atoms with E-state index in [2.05, 4.69) is 25.6 Å². The molecule has 3 heterocycles. The minimum Gasteiger partial charge on any atom is -0.369 e. The first-order valence-electron chi connectivity index (χ1n) is 8.98. The summed E-state index contributed by atoms with van der Waals surface area (Å²) in [5, 5.41) is 6.07. The van der Waals surface area contributed by atoms with Crippen molar-refractivity contribution in [2.24, 2.45) is 5.73 Å². The lowest BCUT2D eigenvalue weighted by Crippen LogP contribution is -2.28. The van der Waals surface area contributed by atoms with Crippen molar-refractivity contribution in [2.45, 2.75) is 19.5 Å². The average molecular weight is 450 g/mol. The van der Waals surface area contributed by atoms with E-state index in [0.29, 0.717) is 28.8 Å². The number of carbonyl (C=O) groups excluding carboxylic acids is 2. The van der Waals surface area contributed by atoms with Crippen LogP contribution in [0.25, 0.3) is 21.7 Å². The Kier molecular flexibility index (Phi) is 6.49. The summed E-state index contributed by atoms with van der Waals surface area (Å²) in [5.74, 6) is -0.414. The zero-order chi connectivity index (χ0) is 22.6. The van der Waals surface area contributed by atoms with Crippen LogP contribution in [0.5, 0.6) is 0 Å². The molecule has 0 bridgehead atoms. The number of alkyl halides is 3. The average Bonchev–Trinajstić information content (AvgIpc) is 3.18. The monoisotopic (exact) mass is 450 g/mol. The molecule has 0 saturated heterocycles. The van der Waals surface area contributed by atoms with Gasteiger partial charge >= 0.3 is 12.2 Å². The van der Waals surface area contributed by atoms with Crippen LogP contribution in [0.2, 0.25) is 0 Å². The second kappa shape index (κ2) is 9.08. The van der Waals surface area contributed by atoms with E-state index in [1.807, 2.05) is 0 Å². The molecule has 0 radical (unpaired) electrons. The molecule has 0 aromatic carbocycles. The van der Waals surface area contributed by atoms with Gasteiger partial charge < -0.3 is 11.1 Å². The number of aromatic nitrogens is 3. The third-order valence-electron chi connectivity index (χ3n) is 3.99. The highest BCUT2D eigenvalue weighted by molar-refractivity contribution is 7.13. The third-order valence-corrected chi connectivity index (χ3v) is 4.87. The molecule has 0 spiro atoms. The van der Waals surface area contributed by atoms with E-state index in [9.17, 15) is 22.8 Å². The first-order valence-corrected chi connectivity index (χ1v) is 9.86. The second-order valence-electron chi connectivity index (χ2n) is 6.36. The lowest BCUT2D eigenvalue weighted by Gasteiger charge is -2.12. The van der Waals surface area contributed by atoms with Gasteiger partial charge in [-0.2, -0.15) is 13.2 Å². The number of halogens is 3. The van der Waals surface area contributed by atoms with Crippen LogP contribution in [0.15, 0.2) is 36.1 Å². The van der Waals surface area contributed by atoms with E-state index in [1.54, 1.807) is 13.0 Å². The van der Waals surface area contributed by atoms with Crippen LogP contribution < -0.4 is 16.4 Å². The van der Waals surface area contributed by atoms with Crippen LogP contribution in [0.3, 0.4) is 0 Å². The molecule has 0 aliphatic carbocycles. The Hall–Kier alpha value is -3.54. The Bertz CT molecular complexity index is 1120. The maximum Gasteiger partial charge on any atom is 0.434 e. The van der Waals surface area contributed by atoms with Gasteiger partial charge in [-0.25, -0.2) is 14.8 Å². The molecular formula is C19H17F3N6O2S. The van der Waals surface area contributed by atoms with Crippen molar-refractivity contribution in [1.29, 1.82) is 0 Å². The Morgan fingerprint density at radius 3 is 2.58 bits per heavy atom. The van der Waals surface area contributed by atoms with Crippen molar-refractivity contribution in [2.75, 3.05) is 11.9 Å². The fourth-order valence-electron chi connectivity index (χ4n) is 2.71. The van der Waals surface area contributed by atoms with Crippen molar-refractivity contribution < 1.29 is 22.8 Å². The summed E-state index contributed by atoms with van der Waals surface area (Å²) >= 11 is 0.809. The maximum absolute atomic E-state index is 13.1. The van der Waals surface area contributed by atoms with Gasteiger partial charge in [0.25, 0.3) is 0 Å². The summed E-state index contributed by atoms with van der Waals surface area (Å²) in [5.41, 5.74) is 6.01. The van der Waals surface area contributed by atoms with E-state index < -0.39 is 23.8 Å². The SMILES string of the molecule is CCNC(=O)Nc1cc(-c2nc(C(F)(F)F)cs2)c(-c2cncc(CC(N)=O)c2)cn1. The predicted molar refractivity (Wildman–Crippen MR) is 109 cm³/mol. The third kappa shape index (κ3) is 5.54. The van der Waals surface area contributed by atoms with Gasteiger partial charge in [0.05, 0.1) is 6.42 Å². The molecule has 0 aliphatic rings. The lowest BCUT2D eigenvalue weighted by atomic mass is 10.0. The molecule has 3 rings (SSSR count). The Labute approximate surface area is 178 Å². The van der Waals surface area contributed by atoms with Gasteiger partial charge in [-0.3, -0.25) is 15.1 Å². The Morgan fingerprint density at radius 1 is 1.16 bits per heavy atom. The summed E-state index contributed by atoms with van der Waals surface area (Å²) in [6.45, 7) is 2.12. The number of pyridine rings is 2. The predicted octanol–water partition coefficient (Wildman–Crippen LogP) is 3.46. The molecule has 31 heavy (non-hydrogen) atoms. The van der Waals surface area contributed by atoms with E-state index >= 15 is 0 Å². The van der Waals surface area contributed by atoms with Gasteiger partial charge in [-0.1, -0.05) is 0 Å². The van der Waals surface area contributed by atoms with Crippen molar-refractivity contribution >= 4 is 29.1 Å². The second-order valence-corrected chi connectivity index (χ2v) is 7.22. The molecule has 4 N–H and O–H groups in total. The van der Waals surface area contributed by atoms with E-state index in [4.69, 9.17) is 5.73 Å². The molecule has 162 valence electrons. The fourth-order valence-corrected chi connectivity index (χ4v) is 3.57. The first kappa shape index (κ1) is 22.2. The Morgan fingerprint density at radius 2 is 1.94 bits per heavy atom. The highest BCUT2D eigenvalue weighted by Gasteiger charge is 2.34. The highest BCUT2D eigenvalue weighted by atomic mass is 32.1. The molecule has 0 atom stereocenters. The smallest absolute Gasteiger partial charge is 0.369 e. The Balaban J connectivity index is 2.09. The maximum atomic E-state index is 13.1. The minimum atomic E-state index is -4.59. The zero-order valence-corrected chi connectivity index (χ0v) is 17.0. The van der Waals surface area contributed by atoms with Crippen molar-refractivity contribution in [3.63, 3.8) is 0 Å². The summed E-state index contributed by atoms with van der Waals surface area (Å²) in [6.07, 6.45) is -0.281. The van der Waals surface area contributed by atoms with Gasteiger partial charge in [0, 0.05) is 47.2 Å². The van der Waals surface area contributed by atoms with Crippen LogP contribution in [0, 0.1) is 0 Å². The van der Waals surface area contributed by atoms with Crippen molar-refractivity contribution in [1.82, 2.24) is 20.3 Å². The minimum absolute atomic E-state index is 0.0457. The van der Waals surface area contributed by atoms with Crippen molar-refractivity contribution in [3.8, 4) is 21.7 Å². The van der Waals surface area contributed by atoms with Crippen LogP contribution >= 0.6 is 11.3 Å². The summed E-state index contributed by atoms with van der Waals surface area (Å²) in [4.78, 5) is 35.0. The molecule has 0 saturated carbocycles. The molecular weight excluding hydrogens is 433 g/mol. The number of anilines is 1. The van der Waals surface area contributed by atoms with Crippen LogP contribution in [-0.2, 0) is 17.4 Å². The zero-order valence-electron chi connectivity index (χ0n) is 16.2. The van der Waals surface area contributed by atoms with E-state index in [0.717, 1.165) is 16.7 Å². The number of nitrogens with one attached hydrogen (secondary N) is 2. The summed E-state index contributed by atoms with van der Waals surface area (Å²) in [6, 6.07) is 2.58. The number of urea groups is 1. The largest absolute Gasteiger partial charge is 0.434 e. The molecule has 12 heteroatoms. The van der Waals surface area contributed by atoms with E-state index in [-0.39, 0.29) is 17.2 Å². The van der Waals surface area contributed by atoms with Gasteiger partial charge in [0.1, 0.15) is 10.8 Å². The first-order chi connectivity index (χ1) is 14.7. The number of nitrogens with two attached hydrogens (primary N) is 1. The molecule has 3 aromatic rings. The van der Waals surface area contributed by atoms with Gasteiger partial charge in [-0.15, -0.1) is 11.3 Å². The number of hydrogen-bond acceptors (Lipinski definition) is 6. The number of rotatable bonds is 6. The molecule has 0 fully saturated rings. The number of thiazole rings is 1. The molecule has 3 amide bonds. The molecule has 0 unspecified atom stereocenters. The van der Waals surface area contributed by atoms with Gasteiger partial charge in [0.15, 0.2) is 5.69 Å². The number of amides is 3. The quantitative estimate of drug-likeness (QED) is 0.531. The topological polar surface area (TPSA) is 123 Å². The van der Waals surface area contributed by atoms with Crippen LogP contribution in [-0.4, -0.2) is 33.4 Å². The lowest BCUT2D eigenvalue weighted by molar-refractivity contribution is -0.140. The van der Waals surface area contributed by atoms with Crippen LogP contribution in [0.4, 0.5) is 23.8 Å². The number of carbonyl (C=O) groups is 2. The molecule has 8 nitrogen and oxygen atoms in total. The highest BCUT2D eigenvalue weighted by Crippen LogP contribution is 2.38. The molecule has 3 aromatic heterocycles. The number of nitrogens with zero attached hydrogens (tertiary/aromatic N) is 3. The normalized spacial score (nSPS) is 11.2. The van der Waals surface area contributed by atoms with Crippen LogP contribution in [0.1, 0.15) is 18.2 Å². The number of primary amides is 1. The van der Waals surface area contributed by atoms with Crippen molar-refractivity contribution in [3.05, 3.63) is 47.4 Å². The van der Waals surface area contributed by atoms with E-state index in [1.165, 1.54) is 24.7 Å². The van der Waals surface area contributed by atoms with Gasteiger partial charge in [0.2, 0.25) is 5.91 Å². The molecule has 0 aliphatic heterocycles. The summed E-state index contributed by atoms with van der Waals surface area (Å²) in [7, 11) is 0. The fraction of sp³-hybridized carbons (Fsp3) is 0.211. The number of hydrogen-bond donors (Lipinski definition) is 3. The van der Waals surface area contributed by atoms with Gasteiger partial charge in [-0.05, 0) is 24.6 Å². The standard InChI is InChI=1S/C19H17F3N6O2S/c1-2-25-18(30)28-16-5-12(17-27-14(9-31-17)19(20,21)22)13(8-26-16)11-3-10(4-15(23)29)6-24-7-11/h3,5-9H,2,4H2,1H3,(H2,23,29)(H2,25,26,28,30).